The summed E-state index contributed by atoms with van der Waals surface area (Å²) >= 11 is 1.45. The Morgan fingerprint density at radius 3 is 2.88 bits per heavy atom. The van der Waals surface area contributed by atoms with Gasteiger partial charge in [0.2, 0.25) is 0 Å². The third-order valence-electron chi connectivity index (χ3n) is 2.19. The largest absolute Gasteiger partial charge is 0.409 e. The molecule has 17 heavy (non-hydrogen) atoms. The number of nitrogens with two attached hydrogens (primary N) is 1. The van der Waals surface area contributed by atoms with Crippen LogP contribution in [0.5, 0.6) is 0 Å². The summed E-state index contributed by atoms with van der Waals surface area (Å²) in [5.41, 5.74) is 5.85. The maximum Gasteiger partial charge on any atom is 0.171 e. The van der Waals surface area contributed by atoms with Gasteiger partial charge < -0.3 is 16.0 Å². The molecule has 0 fully saturated rings. The zero-order chi connectivity index (χ0) is 12.8. The van der Waals surface area contributed by atoms with Crippen LogP contribution < -0.4 is 5.73 Å². The van der Waals surface area contributed by atoms with Crippen LogP contribution in [0.4, 0.5) is 4.39 Å². The molecule has 0 saturated carbocycles. The van der Waals surface area contributed by atoms with E-state index in [0.717, 1.165) is 4.90 Å². The summed E-state index contributed by atoms with van der Waals surface area (Å²) in [6.45, 7) is 2.04. The van der Waals surface area contributed by atoms with Gasteiger partial charge in [-0.25, -0.2) is 4.39 Å². The predicted molar refractivity (Wildman–Crippen MR) is 65.9 cm³/mol. The lowest BCUT2D eigenvalue weighted by Gasteiger charge is -2.12. The second-order valence-corrected chi connectivity index (χ2v) is 5.05. The quantitative estimate of drug-likeness (QED) is 0.247. The normalized spacial score (nSPS) is 13.7. The first-order valence-corrected chi connectivity index (χ1v) is 6.01. The van der Waals surface area contributed by atoms with Crippen molar-refractivity contribution in [2.45, 2.75) is 23.5 Å². The number of oxime groups is 1. The summed E-state index contributed by atoms with van der Waals surface area (Å²) < 4.78 is 13.1. The van der Waals surface area contributed by atoms with E-state index in [-0.39, 0.29) is 17.7 Å². The Labute approximate surface area is 103 Å². The van der Waals surface area contributed by atoms with E-state index in [1.165, 1.54) is 23.9 Å². The fraction of sp³-hybridized carbons (Fsp3) is 0.364. The first-order valence-electron chi connectivity index (χ1n) is 5.13. The number of aliphatic hydroxyl groups excluding tert-OH is 1. The van der Waals surface area contributed by atoms with E-state index in [0.29, 0.717) is 12.0 Å². The summed E-state index contributed by atoms with van der Waals surface area (Å²) in [5.74, 6) is -0.561. The van der Waals surface area contributed by atoms with Gasteiger partial charge in [-0.2, -0.15) is 0 Å². The van der Waals surface area contributed by atoms with Gasteiger partial charge >= 0.3 is 0 Å². The van der Waals surface area contributed by atoms with E-state index in [1.54, 1.807) is 6.07 Å². The van der Waals surface area contributed by atoms with Crippen LogP contribution in [0.1, 0.15) is 18.9 Å². The van der Waals surface area contributed by atoms with Gasteiger partial charge in [0.15, 0.2) is 5.84 Å². The topological polar surface area (TPSA) is 78.8 Å². The van der Waals surface area contributed by atoms with Crippen molar-refractivity contribution in [3.05, 3.63) is 29.6 Å². The Kier molecular flexibility index (Phi) is 5.24. The van der Waals surface area contributed by atoms with E-state index >= 15 is 0 Å². The van der Waals surface area contributed by atoms with Gasteiger partial charge in [-0.15, -0.1) is 11.8 Å². The van der Waals surface area contributed by atoms with Crippen molar-refractivity contribution in [1.29, 1.82) is 0 Å². The molecule has 4 nitrogen and oxygen atoms in total. The zero-order valence-corrected chi connectivity index (χ0v) is 10.2. The molecule has 1 atom stereocenters. The molecule has 0 heterocycles. The van der Waals surface area contributed by atoms with Crippen LogP contribution in [0.25, 0.3) is 0 Å². The van der Waals surface area contributed by atoms with Gasteiger partial charge in [0.05, 0.1) is 0 Å². The number of benzene rings is 1. The number of rotatable bonds is 5. The highest BCUT2D eigenvalue weighted by molar-refractivity contribution is 8.00. The SMILES string of the molecule is CC(CCO)Sc1ccc(F)cc1C(N)=NO. The maximum absolute atomic E-state index is 13.1. The highest BCUT2D eigenvalue weighted by Gasteiger charge is 2.12. The molecule has 0 aliphatic carbocycles. The van der Waals surface area contributed by atoms with Crippen molar-refractivity contribution in [2.75, 3.05) is 6.61 Å². The van der Waals surface area contributed by atoms with E-state index in [1.807, 2.05) is 6.92 Å². The van der Waals surface area contributed by atoms with Crippen molar-refractivity contribution < 1.29 is 14.7 Å². The van der Waals surface area contributed by atoms with Crippen LogP contribution in [-0.2, 0) is 0 Å². The Morgan fingerprint density at radius 1 is 1.59 bits per heavy atom. The van der Waals surface area contributed by atoms with Crippen LogP contribution in [0.3, 0.4) is 0 Å². The molecule has 0 aromatic heterocycles. The Hall–Kier alpha value is -1.27. The van der Waals surface area contributed by atoms with Crippen LogP contribution in [-0.4, -0.2) is 28.0 Å². The van der Waals surface area contributed by atoms with Gasteiger partial charge in [0.25, 0.3) is 0 Å². The number of halogens is 1. The van der Waals surface area contributed by atoms with Crippen molar-refractivity contribution >= 4 is 17.6 Å². The van der Waals surface area contributed by atoms with E-state index in [4.69, 9.17) is 16.0 Å². The molecule has 0 aliphatic rings. The minimum absolute atomic E-state index is 0.0915. The number of aliphatic hydroxyl groups is 1. The molecule has 0 saturated heterocycles. The van der Waals surface area contributed by atoms with Crippen molar-refractivity contribution in [1.82, 2.24) is 0 Å². The first-order chi connectivity index (χ1) is 8.08. The highest BCUT2D eigenvalue weighted by Crippen LogP contribution is 2.28. The zero-order valence-electron chi connectivity index (χ0n) is 9.43. The number of thioether (sulfide) groups is 1. The Bertz CT molecular complexity index is 412. The molecule has 94 valence electrons. The second kappa shape index (κ2) is 6.46. The average molecular weight is 258 g/mol. The summed E-state index contributed by atoms with van der Waals surface area (Å²) in [6, 6.07) is 4.13. The number of hydrogen-bond acceptors (Lipinski definition) is 4. The fourth-order valence-corrected chi connectivity index (χ4v) is 2.41. The first kappa shape index (κ1) is 13.8. The third kappa shape index (κ3) is 3.90. The molecule has 6 heteroatoms. The smallest absolute Gasteiger partial charge is 0.171 e. The predicted octanol–water partition coefficient (Wildman–Crippen LogP) is 1.78. The van der Waals surface area contributed by atoms with E-state index in [2.05, 4.69) is 5.16 Å². The minimum Gasteiger partial charge on any atom is -0.409 e. The molecule has 0 amide bonds. The summed E-state index contributed by atoms with van der Waals surface area (Å²) in [6.07, 6.45) is 0.623. The molecule has 1 rings (SSSR count). The molecule has 1 aromatic carbocycles. The van der Waals surface area contributed by atoms with Gasteiger partial charge in [-0.3, -0.25) is 0 Å². The summed E-state index contributed by atoms with van der Waals surface area (Å²) in [4.78, 5) is 0.725. The average Bonchev–Trinajstić information content (AvgIpc) is 2.30. The summed E-state index contributed by atoms with van der Waals surface area (Å²) in [5, 5.41) is 20.5. The van der Waals surface area contributed by atoms with Crippen LogP contribution >= 0.6 is 11.8 Å². The molecule has 0 radical (unpaired) electrons. The standard InChI is InChI=1S/C11H15FN2O2S/c1-7(4-5-15)17-10-3-2-8(12)6-9(10)11(13)14-16/h2-3,6-7,15-16H,4-5H2,1H3,(H2,13,14). The number of hydrogen-bond donors (Lipinski definition) is 3. The van der Waals surface area contributed by atoms with E-state index < -0.39 is 5.82 Å². The Balaban J connectivity index is 2.98. The highest BCUT2D eigenvalue weighted by atomic mass is 32.2. The number of nitrogens with zero attached hydrogens (tertiary/aromatic N) is 1. The molecule has 1 unspecified atom stereocenters. The summed E-state index contributed by atoms with van der Waals surface area (Å²) in [7, 11) is 0. The van der Waals surface area contributed by atoms with Crippen molar-refractivity contribution in [3.63, 3.8) is 0 Å². The van der Waals surface area contributed by atoms with Crippen molar-refractivity contribution in [3.8, 4) is 0 Å². The van der Waals surface area contributed by atoms with Gasteiger partial charge in [-0.05, 0) is 24.6 Å². The van der Waals surface area contributed by atoms with E-state index in [9.17, 15) is 4.39 Å². The fourth-order valence-electron chi connectivity index (χ4n) is 1.32. The van der Waals surface area contributed by atoms with Crippen LogP contribution in [0.2, 0.25) is 0 Å². The molecule has 0 spiro atoms. The van der Waals surface area contributed by atoms with Crippen molar-refractivity contribution in [2.24, 2.45) is 10.9 Å². The molecular formula is C11H15FN2O2S. The van der Waals surface area contributed by atoms with Crippen LogP contribution in [0.15, 0.2) is 28.3 Å². The molecule has 0 aliphatic heterocycles. The van der Waals surface area contributed by atoms with Crippen LogP contribution in [0, 0.1) is 5.82 Å². The monoisotopic (exact) mass is 258 g/mol. The molecule has 4 N–H and O–H groups in total. The maximum atomic E-state index is 13.1. The van der Waals surface area contributed by atoms with Gasteiger partial charge in [-0.1, -0.05) is 12.1 Å². The lowest BCUT2D eigenvalue weighted by Crippen LogP contribution is -2.15. The molecule has 0 bridgehead atoms. The minimum atomic E-state index is -0.439. The lowest BCUT2D eigenvalue weighted by molar-refractivity contribution is 0.289. The van der Waals surface area contributed by atoms with Gasteiger partial charge in [0.1, 0.15) is 5.82 Å². The molecular weight excluding hydrogens is 243 g/mol. The second-order valence-electron chi connectivity index (χ2n) is 3.57. The lowest BCUT2D eigenvalue weighted by atomic mass is 10.2. The van der Waals surface area contributed by atoms with Gasteiger partial charge in [0, 0.05) is 22.3 Å². The Morgan fingerprint density at radius 2 is 2.29 bits per heavy atom. The third-order valence-corrected chi connectivity index (χ3v) is 3.44. The molecule has 1 aromatic rings. The number of amidine groups is 1.